The minimum Gasteiger partial charge on any atom is -0.450 e. The van der Waals surface area contributed by atoms with E-state index >= 15 is 0 Å². The molecule has 4 rings (SSSR count). The van der Waals surface area contributed by atoms with Crippen LogP contribution < -0.4 is 4.90 Å². The standard InChI is InChI=1S/C22H28FN3O5S/c1-3-32(29,30)26-10-8-22(9-11-26)19(16(2)21(28)31-22)20(27)25-14-12-24(13-15-25)18-6-4-17(23)5-7-18/h4-7H,3,8-15H2,1-2H3. The largest absolute Gasteiger partial charge is 0.450 e. The molecule has 32 heavy (non-hydrogen) atoms. The van der Waals surface area contributed by atoms with Crippen molar-refractivity contribution >= 4 is 27.6 Å². The molecule has 0 saturated carbocycles. The maximum absolute atomic E-state index is 13.5. The van der Waals surface area contributed by atoms with Gasteiger partial charge < -0.3 is 14.5 Å². The van der Waals surface area contributed by atoms with E-state index in [4.69, 9.17) is 4.74 Å². The van der Waals surface area contributed by atoms with Gasteiger partial charge in [-0.3, -0.25) is 4.79 Å². The van der Waals surface area contributed by atoms with Crippen molar-refractivity contribution in [2.45, 2.75) is 32.3 Å². The van der Waals surface area contributed by atoms with Crippen LogP contribution in [0.4, 0.5) is 10.1 Å². The average Bonchev–Trinajstić information content (AvgIpc) is 3.03. The number of hydrogen-bond donors (Lipinski definition) is 0. The third-order valence-electron chi connectivity index (χ3n) is 6.69. The van der Waals surface area contributed by atoms with Crippen LogP contribution in [0.25, 0.3) is 0 Å². The van der Waals surface area contributed by atoms with E-state index in [0.29, 0.717) is 37.3 Å². The maximum Gasteiger partial charge on any atom is 0.335 e. The number of carbonyl (C=O) groups is 2. The van der Waals surface area contributed by atoms with Gasteiger partial charge in [-0.15, -0.1) is 0 Å². The van der Waals surface area contributed by atoms with E-state index in [2.05, 4.69) is 4.90 Å². The van der Waals surface area contributed by atoms with Crippen LogP contribution in [0, 0.1) is 5.82 Å². The number of hydrogen-bond acceptors (Lipinski definition) is 6. The van der Waals surface area contributed by atoms with E-state index < -0.39 is 21.6 Å². The van der Waals surface area contributed by atoms with Gasteiger partial charge in [0.05, 0.1) is 11.3 Å². The molecule has 3 heterocycles. The van der Waals surface area contributed by atoms with Crippen molar-refractivity contribution in [2.75, 3.05) is 49.9 Å². The Kier molecular flexibility index (Phi) is 6.02. The van der Waals surface area contributed by atoms with E-state index in [0.717, 1.165) is 5.69 Å². The predicted molar refractivity (Wildman–Crippen MR) is 117 cm³/mol. The summed E-state index contributed by atoms with van der Waals surface area (Å²) in [6, 6.07) is 6.26. The summed E-state index contributed by atoms with van der Waals surface area (Å²) in [4.78, 5) is 29.7. The molecule has 1 spiro atoms. The Morgan fingerprint density at radius 3 is 2.22 bits per heavy atom. The van der Waals surface area contributed by atoms with Gasteiger partial charge >= 0.3 is 5.97 Å². The van der Waals surface area contributed by atoms with Crippen LogP contribution >= 0.6 is 0 Å². The highest BCUT2D eigenvalue weighted by Gasteiger charge is 2.52. The Balaban J connectivity index is 1.47. The smallest absolute Gasteiger partial charge is 0.335 e. The Bertz CT molecular complexity index is 1040. The molecule has 0 N–H and O–H groups in total. The molecule has 0 aromatic heterocycles. The van der Waals surface area contributed by atoms with Crippen LogP contribution in [0.5, 0.6) is 0 Å². The number of benzene rings is 1. The second-order valence-corrected chi connectivity index (χ2v) is 10.7. The summed E-state index contributed by atoms with van der Waals surface area (Å²) < 4.78 is 44.7. The number of rotatable bonds is 4. The fraction of sp³-hybridized carbons (Fsp3) is 0.545. The summed E-state index contributed by atoms with van der Waals surface area (Å²) in [5.74, 6) is -1.01. The SMILES string of the molecule is CCS(=O)(=O)N1CCC2(CC1)OC(=O)C(C)=C2C(=O)N1CCN(c2ccc(F)cc2)CC1. The van der Waals surface area contributed by atoms with Crippen molar-refractivity contribution in [1.29, 1.82) is 0 Å². The Morgan fingerprint density at radius 1 is 1.06 bits per heavy atom. The molecule has 3 aliphatic rings. The van der Waals surface area contributed by atoms with Crippen molar-refractivity contribution in [2.24, 2.45) is 0 Å². The second kappa shape index (κ2) is 8.47. The first-order valence-corrected chi connectivity index (χ1v) is 12.5. The number of anilines is 1. The van der Waals surface area contributed by atoms with Gasteiger partial charge in [-0.05, 0) is 38.1 Å². The van der Waals surface area contributed by atoms with Gasteiger partial charge in [0, 0.05) is 63.4 Å². The molecule has 0 aliphatic carbocycles. The molecule has 174 valence electrons. The molecule has 0 radical (unpaired) electrons. The number of carbonyl (C=O) groups excluding carboxylic acids is 2. The highest BCUT2D eigenvalue weighted by Crippen LogP contribution is 2.42. The maximum atomic E-state index is 13.5. The van der Waals surface area contributed by atoms with Gasteiger partial charge in [0.15, 0.2) is 0 Å². The van der Waals surface area contributed by atoms with Crippen molar-refractivity contribution in [3.63, 3.8) is 0 Å². The quantitative estimate of drug-likeness (QED) is 0.627. The van der Waals surface area contributed by atoms with E-state index in [1.165, 1.54) is 16.4 Å². The highest BCUT2D eigenvalue weighted by atomic mass is 32.2. The van der Waals surface area contributed by atoms with E-state index in [1.54, 1.807) is 30.9 Å². The number of nitrogens with zero attached hydrogens (tertiary/aromatic N) is 3. The Hall–Kier alpha value is -2.46. The zero-order chi connectivity index (χ0) is 23.1. The molecule has 3 aliphatic heterocycles. The van der Waals surface area contributed by atoms with Crippen LogP contribution in [-0.4, -0.2) is 80.1 Å². The lowest BCUT2D eigenvalue weighted by Crippen LogP contribution is -2.54. The van der Waals surface area contributed by atoms with Crippen molar-refractivity contribution in [1.82, 2.24) is 9.21 Å². The van der Waals surface area contributed by atoms with E-state index in [-0.39, 0.29) is 43.4 Å². The van der Waals surface area contributed by atoms with Gasteiger partial charge in [-0.1, -0.05) is 0 Å². The van der Waals surface area contributed by atoms with Gasteiger partial charge in [-0.2, -0.15) is 0 Å². The van der Waals surface area contributed by atoms with Crippen LogP contribution in [0.15, 0.2) is 35.4 Å². The second-order valence-electron chi connectivity index (χ2n) is 8.44. The normalized spacial score (nSPS) is 21.9. The summed E-state index contributed by atoms with van der Waals surface area (Å²) in [6.07, 6.45) is 0.540. The van der Waals surface area contributed by atoms with Gasteiger partial charge in [0.25, 0.3) is 5.91 Å². The molecule has 1 amide bonds. The molecule has 8 nitrogen and oxygen atoms in total. The fourth-order valence-electron chi connectivity index (χ4n) is 4.74. The third-order valence-corrected chi connectivity index (χ3v) is 8.57. The fourth-order valence-corrected chi connectivity index (χ4v) is 5.85. The van der Waals surface area contributed by atoms with E-state index in [1.807, 2.05) is 0 Å². The molecule has 2 fully saturated rings. The van der Waals surface area contributed by atoms with Crippen molar-refractivity contribution in [3.8, 4) is 0 Å². The lowest BCUT2D eigenvalue weighted by molar-refractivity contribution is -0.150. The van der Waals surface area contributed by atoms with Crippen molar-refractivity contribution in [3.05, 3.63) is 41.2 Å². The lowest BCUT2D eigenvalue weighted by atomic mass is 9.83. The topological polar surface area (TPSA) is 87.2 Å². The van der Waals surface area contributed by atoms with Crippen LogP contribution in [-0.2, 0) is 24.3 Å². The molecular weight excluding hydrogens is 437 g/mol. The number of sulfonamides is 1. The number of ether oxygens (including phenoxy) is 1. The molecule has 2 saturated heterocycles. The summed E-state index contributed by atoms with van der Waals surface area (Å²) in [5.41, 5.74) is 0.509. The first kappa shape index (κ1) is 22.7. The lowest BCUT2D eigenvalue weighted by Gasteiger charge is -2.41. The minimum absolute atomic E-state index is 0.0127. The minimum atomic E-state index is -3.34. The Labute approximate surface area is 187 Å². The Morgan fingerprint density at radius 2 is 1.66 bits per heavy atom. The van der Waals surface area contributed by atoms with Gasteiger partial charge in [0.1, 0.15) is 11.4 Å². The summed E-state index contributed by atoms with van der Waals surface area (Å²) in [6.45, 7) is 5.75. The third kappa shape index (κ3) is 4.01. The zero-order valence-electron chi connectivity index (χ0n) is 18.3. The monoisotopic (exact) mass is 465 g/mol. The first-order valence-electron chi connectivity index (χ1n) is 10.9. The summed E-state index contributed by atoms with van der Waals surface area (Å²) >= 11 is 0. The summed E-state index contributed by atoms with van der Waals surface area (Å²) in [5, 5.41) is 0. The van der Waals surface area contributed by atoms with E-state index in [9.17, 15) is 22.4 Å². The van der Waals surface area contributed by atoms with Crippen molar-refractivity contribution < 1.29 is 27.1 Å². The molecule has 0 bridgehead atoms. The average molecular weight is 466 g/mol. The molecular formula is C22H28FN3O5S. The molecule has 10 heteroatoms. The zero-order valence-corrected chi connectivity index (χ0v) is 19.2. The number of esters is 1. The number of amides is 1. The van der Waals surface area contributed by atoms with Crippen LogP contribution in [0.2, 0.25) is 0 Å². The molecule has 0 unspecified atom stereocenters. The summed E-state index contributed by atoms with van der Waals surface area (Å²) in [7, 11) is -3.34. The molecule has 1 aromatic rings. The van der Waals surface area contributed by atoms with Gasteiger partial charge in [0.2, 0.25) is 10.0 Å². The number of piperidine rings is 1. The number of piperazine rings is 1. The molecule has 0 atom stereocenters. The van der Waals surface area contributed by atoms with Crippen LogP contribution in [0.1, 0.15) is 26.7 Å². The van der Waals surface area contributed by atoms with Crippen LogP contribution in [0.3, 0.4) is 0 Å². The molecule has 1 aromatic carbocycles. The predicted octanol–water partition coefficient (Wildman–Crippen LogP) is 1.53. The number of halogens is 1. The highest BCUT2D eigenvalue weighted by molar-refractivity contribution is 7.89. The van der Waals surface area contributed by atoms with Gasteiger partial charge in [-0.25, -0.2) is 21.9 Å². The first-order chi connectivity index (χ1) is 15.2.